The van der Waals surface area contributed by atoms with Crippen molar-refractivity contribution in [2.24, 2.45) is 0 Å². The van der Waals surface area contributed by atoms with Gasteiger partial charge in [-0.05, 0) is 19.1 Å². The Bertz CT molecular complexity index is 764. The maximum absolute atomic E-state index is 13.3. The number of hydrazine groups is 1. The first-order valence-electron chi connectivity index (χ1n) is 6.99. The van der Waals surface area contributed by atoms with Gasteiger partial charge in [0.1, 0.15) is 5.01 Å². The van der Waals surface area contributed by atoms with Gasteiger partial charge in [-0.2, -0.15) is 13.2 Å². The van der Waals surface area contributed by atoms with Crippen LogP contribution in [0.1, 0.15) is 27.5 Å². The summed E-state index contributed by atoms with van der Waals surface area (Å²) in [6, 6.07) is 7.78. The Hall–Kier alpha value is -2.46. The van der Waals surface area contributed by atoms with Crippen molar-refractivity contribution < 1.29 is 27.9 Å². The molecular weight excluding hydrogens is 359 g/mol. The van der Waals surface area contributed by atoms with Gasteiger partial charge in [-0.1, -0.05) is 18.2 Å². The van der Waals surface area contributed by atoms with Crippen molar-refractivity contribution in [3.63, 3.8) is 0 Å². The zero-order chi connectivity index (χ0) is 18.7. The number of hydrogen-bond acceptors (Lipinski definition) is 5. The van der Waals surface area contributed by atoms with Crippen molar-refractivity contribution in [1.29, 1.82) is 0 Å². The summed E-state index contributed by atoms with van der Waals surface area (Å²) in [6.07, 6.45) is -6.45. The molecule has 0 aliphatic rings. The third kappa shape index (κ3) is 4.34. The van der Waals surface area contributed by atoms with Crippen LogP contribution in [0.3, 0.4) is 0 Å². The second-order valence-corrected chi connectivity index (χ2v) is 6.06. The van der Waals surface area contributed by atoms with Crippen LogP contribution in [0.5, 0.6) is 0 Å². The lowest BCUT2D eigenvalue weighted by atomic mass is 9.99. The lowest BCUT2D eigenvalue weighted by molar-refractivity contribution is -0.267. The molecule has 1 aromatic carbocycles. The van der Waals surface area contributed by atoms with E-state index >= 15 is 0 Å². The van der Waals surface area contributed by atoms with Crippen LogP contribution in [0.4, 0.5) is 13.2 Å². The van der Waals surface area contributed by atoms with Gasteiger partial charge in [0.2, 0.25) is 11.5 Å². The van der Waals surface area contributed by atoms with E-state index in [2.05, 4.69) is 4.98 Å². The number of hydrogen-bond donors (Lipinski definition) is 3. The molecule has 2 aromatic rings. The van der Waals surface area contributed by atoms with Crippen molar-refractivity contribution >= 4 is 23.2 Å². The van der Waals surface area contributed by atoms with Crippen molar-refractivity contribution in [1.82, 2.24) is 15.8 Å². The number of nitrogens with one attached hydrogen (secondary N) is 2. The van der Waals surface area contributed by atoms with Crippen LogP contribution in [-0.4, -0.2) is 28.1 Å². The number of amides is 2. The molecule has 0 saturated heterocycles. The summed E-state index contributed by atoms with van der Waals surface area (Å²) in [6.45, 7) is 1.47. The molecule has 1 heterocycles. The molecule has 0 fully saturated rings. The smallest absolute Gasteiger partial charge is 0.374 e. The Balaban J connectivity index is 2.07. The molecule has 0 aliphatic heterocycles. The molecule has 0 bridgehead atoms. The lowest BCUT2D eigenvalue weighted by Gasteiger charge is -2.27. The molecule has 0 saturated carbocycles. The van der Waals surface area contributed by atoms with Gasteiger partial charge in [0.05, 0.1) is 6.42 Å². The molecule has 0 spiro atoms. The van der Waals surface area contributed by atoms with Gasteiger partial charge in [0, 0.05) is 16.6 Å². The van der Waals surface area contributed by atoms with Gasteiger partial charge in [0.25, 0.3) is 5.91 Å². The molecule has 1 aromatic heterocycles. The molecule has 0 aliphatic carbocycles. The first-order valence-corrected chi connectivity index (χ1v) is 7.87. The van der Waals surface area contributed by atoms with Crippen LogP contribution in [0, 0.1) is 6.92 Å². The fraction of sp³-hybridized carbons (Fsp3) is 0.267. The second kappa shape index (κ2) is 7.19. The average Bonchev–Trinajstić information content (AvgIpc) is 2.99. The van der Waals surface area contributed by atoms with Crippen molar-refractivity contribution in [2.75, 3.05) is 0 Å². The summed E-state index contributed by atoms with van der Waals surface area (Å²) in [7, 11) is 0. The highest BCUT2D eigenvalue weighted by Crippen LogP contribution is 2.42. The summed E-state index contributed by atoms with van der Waals surface area (Å²) < 4.78 is 39.8. The Morgan fingerprint density at radius 3 is 2.36 bits per heavy atom. The van der Waals surface area contributed by atoms with E-state index < -0.39 is 35.0 Å². The largest absolute Gasteiger partial charge is 0.424 e. The van der Waals surface area contributed by atoms with Crippen LogP contribution < -0.4 is 10.9 Å². The number of halogens is 3. The fourth-order valence-electron chi connectivity index (χ4n) is 1.91. The van der Waals surface area contributed by atoms with Crippen molar-refractivity contribution in [2.45, 2.75) is 25.1 Å². The SMILES string of the molecule is Cc1csc(C(O)(CC(=O)NNC(=O)c2ccccc2)C(F)(F)F)n1. The minimum Gasteiger partial charge on any atom is -0.374 e. The summed E-state index contributed by atoms with van der Waals surface area (Å²) in [4.78, 5) is 27.2. The number of aryl methyl sites for hydroxylation is 1. The van der Waals surface area contributed by atoms with E-state index in [4.69, 9.17) is 0 Å². The lowest BCUT2D eigenvalue weighted by Crippen LogP contribution is -2.49. The molecule has 2 amide bonds. The molecule has 25 heavy (non-hydrogen) atoms. The zero-order valence-corrected chi connectivity index (χ0v) is 13.7. The fourth-order valence-corrected chi connectivity index (χ4v) is 2.82. The summed E-state index contributed by atoms with van der Waals surface area (Å²) in [5.74, 6) is -1.91. The van der Waals surface area contributed by atoms with Gasteiger partial charge in [-0.25, -0.2) is 4.98 Å². The minimum absolute atomic E-state index is 0.212. The third-order valence-electron chi connectivity index (χ3n) is 3.21. The summed E-state index contributed by atoms with van der Waals surface area (Å²) in [5, 5.41) is 10.7. The second-order valence-electron chi connectivity index (χ2n) is 5.20. The van der Waals surface area contributed by atoms with E-state index in [0.717, 1.165) is 0 Å². The molecular formula is C15H14F3N3O3S. The standard InChI is InChI=1S/C15H14F3N3O3S/c1-9-8-25-13(19-9)14(24,15(16,17)18)7-11(22)20-21-12(23)10-5-3-2-4-6-10/h2-6,8,24H,7H2,1H3,(H,20,22)(H,21,23). The predicted molar refractivity (Wildman–Crippen MR) is 83.5 cm³/mol. The Kier molecular flexibility index (Phi) is 5.43. The summed E-state index contributed by atoms with van der Waals surface area (Å²) in [5.41, 5.74) is 0.927. The molecule has 6 nitrogen and oxygen atoms in total. The normalized spacial score (nSPS) is 13.8. The third-order valence-corrected chi connectivity index (χ3v) is 4.32. The van der Waals surface area contributed by atoms with Gasteiger partial charge < -0.3 is 5.11 Å². The van der Waals surface area contributed by atoms with E-state index in [1.807, 2.05) is 10.9 Å². The molecule has 3 N–H and O–H groups in total. The van der Waals surface area contributed by atoms with Gasteiger partial charge in [-0.15, -0.1) is 11.3 Å². The van der Waals surface area contributed by atoms with Crippen LogP contribution in [-0.2, 0) is 10.4 Å². The number of carbonyl (C=O) groups is 2. The minimum atomic E-state index is -5.11. The molecule has 134 valence electrons. The van der Waals surface area contributed by atoms with Gasteiger partial charge in [-0.3, -0.25) is 20.4 Å². The van der Waals surface area contributed by atoms with Crippen LogP contribution in [0.25, 0.3) is 0 Å². The van der Waals surface area contributed by atoms with Crippen LogP contribution in [0.15, 0.2) is 35.7 Å². The van der Waals surface area contributed by atoms with Gasteiger partial charge in [0.15, 0.2) is 0 Å². The Morgan fingerprint density at radius 2 is 1.84 bits per heavy atom. The number of benzene rings is 1. The maximum Gasteiger partial charge on any atom is 0.424 e. The van der Waals surface area contributed by atoms with Crippen molar-refractivity contribution in [3.8, 4) is 0 Å². The zero-order valence-electron chi connectivity index (χ0n) is 12.9. The number of nitrogens with zero attached hydrogens (tertiary/aromatic N) is 1. The van der Waals surface area contributed by atoms with E-state index in [1.54, 1.807) is 18.2 Å². The molecule has 1 atom stereocenters. The quantitative estimate of drug-likeness (QED) is 0.716. The Morgan fingerprint density at radius 1 is 1.20 bits per heavy atom. The van der Waals surface area contributed by atoms with E-state index in [-0.39, 0.29) is 5.56 Å². The molecule has 2 rings (SSSR count). The van der Waals surface area contributed by atoms with E-state index in [0.29, 0.717) is 17.0 Å². The number of thiazole rings is 1. The first kappa shape index (κ1) is 18.9. The van der Waals surface area contributed by atoms with E-state index in [9.17, 15) is 27.9 Å². The van der Waals surface area contributed by atoms with Crippen molar-refractivity contribution in [3.05, 3.63) is 52.0 Å². The van der Waals surface area contributed by atoms with Crippen LogP contribution >= 0.6 is 11.3 Å². The number of rotatable bonds is 4. The first-order chi connectivity index (χ1) is 11.6. The van der Waals surface area contributed by atoms with Crippen LogP contribution in [0.2, 0.25) is 0 Å². The summed E-state index contributed by atoms with van der Waals surface area (Å²) >= 11 is 0.598. The predicted octanol–water partition coefficient (Wildman–Crippen LogP) is 2.05. The molecule has 1 unspecified atom stereocenters. The monoisotopic (exact) mass is 373 g/mol. The number of aromatic nitrogens is 1. The average molecular weight is 373 g/mol. The molecule has 0 radical (unpaired) electrons. The highest BCUT2D eigenvalue weighted by atomic mass is 32.1. The number of alkyl halides is 3. The highest BCUT2D eigenvalue weighted by Gasteiger charge is 2.58. The Labute approximate surface area is 144 Å². The maximum atomic E-state index is 13.3. The van der Waals surface area contributed by atoms with E-state index in [1.165, 1.54) is 24.4 Å². The van der Waals surface area contributed by atoms with Gasteiger partial charge >= 0.3 is 6.18 Å². The topological polar surface area (TPSA) is 91.3 Å². The number of carbonyl (C=O) groups excluding carboxylic acids is 2. The molecule has 10 heteroatoms. The highest BCUT2D eigenvalue weighted by molar-refractivity contribution is 7.09. The number of aliphatic hydroxyl groups is 1.